The van der Waals surface area contributed by atoms with Crippen molar-refractivity contribution in [1.29, 1.82) is 0 Å². The third-order valence-electron chi connectivity index (χ3n) is 5.46. The first-order valence-electron chi connectivity index (χ1n) is 10.3. The van der Waals surface area contributed by atoms with Gasteiger partial charge in [-0.05, 0) is 43.4 Å². The highest BCUT2D eigenvalue weighted by Crippen LogP contribution is 2.33. The molecule has 30 heavy (non-hydrogen) atoms. The van der Waals surface area contributed by atoms with Gasteiger partial charge in [0.1, 0.15) is 0 Å². The highest BCUT2D eigenvalue weighted by Gasteiger charge is 2.05. The molecular weight excluding hydrogens is 360 g/mol. The summed E-state index contributed by atoms with van der Waals surface area (Å²) in [7, 11) is 0. The van der Waals surface area contributed by atoms with Crippen LogP contribution in [0, 0.1) is 0 Å². The van der Waals surface area contributed by atoms with Crippen molar-refractivity contribution in [3.63, 3.8) is 0 Å². The SMILES string of the molecule is C(=C\c1ccccc1)/c1ccccc1.c1cc2ccc3cccc4ccc(c1)c2c34. The van der Waals surface area contributed by atoms with E-state index in [1.807, 2.05) is 36.4 Å². The minimum Gasteiger partial charge on any atom is -0.0622 e. The second-order valence-corrected chi connectivity index (χ2v) is 7.44. The molecule has 0 fully saturated rings. The molecule has 0 nitrogen and oxygen atoms in total. The molecule has 0 unspecified atom stereocenters. The lowest BCUT2D eigenvalue weighted by molar-refractivity contribution is 1.65. The Morgan fingerprint density at radius 1 is 0.300 bits per heavy atom. The predicted octanol–water partition coefficient (Wildman–Crippen LogP) is 8.44. The third-order valence-corrected chi connectivity index (χ3v) is 5.46. The normalized spacial score (nSPS) is 11.2. The maximum atomic E-state index is 2.21. The van der Waals surface area contributed by atoms with Gasteiger partial charge in [0.15, 0.2) is 0 Å². The van der Waals surface area contributed by atoms with Crippen LogP contribution in [-0.4, -0.2) is 0 Å². The summed E-state index contributed by atoms with van der Waals surface area (Å²) in [4.78, 5) is 0. The molecule has 0 N–H and O–H groups in total. The fraction of sp³-hybridized carbons (Fsp3) is 0. The van der Waals surface area contributed by atoms with Crippen LogP contribution < -0.4 is 0 Å². The van der Waals surface area contributed by atoms with E-state index in [0.29, 0.717) is 0 Å². The molecule has 0 aromatic heterocycles. The summed E-state index contributed by atoms with van der Waals surface area (Å²) >= 11 is 0. The molecule has 6 rings (SSSR count). The van der Waals surface area contributed by atoms with Crippen LogP contribution in [0.1, 0.15) is 11.1 Å². The minimum atomic E-state index is 1.23. The van der Waals surface area contributed by atoms with Crippen molar-refractivity contribution in [2.24, 2.45) is 0 Å². The maximum Gasteiger partial charge on any atom is -0.00268 e. The van der Waals surface area contributed by atoms with E-state index in [-0.39, 0.29) is 0 Å². The first-order chi connectivity index (χ1) is 14.9. The van der Waals surface area contributed by atoms with E-state index in [4.69, 9.17) is 0 Å². The fourth-order valence-corrected chi connectivity index (χ4v) is 3.99. The van der Waals surface area contributed by atoms with Gasteiger partial charge >= 0.3 is 0 Å². The van der Waals surface area contributed by atoms with Crippen LogP contribution in [0.3, 0.4) is 0 Å². The molecule has 0 radical (unpaired) electrons. The van der Waals surface area contributed by atoms with Crippen molar-refractivity contribution >= 4 is 44.5 Å². The summed E-state index contributed by atoms with van der Waals surface area (Å²) in [5.74, 6) is 0. The van der Waals surface area contributed by atoms with Crippen LogP contribution in [0.2, 0.25) is 0 Å². The first kappa shape index (κ1) is 18.1. The summed E-state index contributed by atoms with van der Waals surface area (Å²) in [6.45, 7) is 0. The standard InChI is InChI=1S/C16H10.C14H12/c1-3-11-7-9-13-5-2-6-14-10-8-12(4-1)15(11)16(13)14;1-3-7-13(8-4-1)11-12-14-9-5-2-6-10-14/h1-10H;1-12H/b;12-11+. The molecule has 0 amide bonds. The molecule has 0 aliphatic heterocycles. The minimum absolute atomic E-state index is 1.23. The van der Waals surface area contributed by atoms with E-state index >= 15 is 0 Å². The zero-order valence-corrected chi connectivity index (χ0v) is 16.7. The molecule has 0 heteroatoms. The summed E-state index contributed by atoms with van der Waals surface area (Å²) in [5.41, 5.74) is 2.47. The number of rotatable bonds is 2. The molecule has 0 aliphatic rings. The Bertz CT molecular complexity index is 1240. The van der Waals surface area contributed by atoms with Crippen molar-refractivity contribution in [3.05, 3.63) is 132 Å². The van der Waals surface area contributed by atoms with Crippen LogP contribution in [-0.2, 0) is 0 Å². The van der Waals surface area contributed by atoms with E-state index in [1.54, 1.807) is 0 Å². The van der Waals surface area contributed by atoms with E-state index in [1.165, 1.54) is 43.4 Å². The van der Waals surface area contributed by atoms with Gasteiger partial charge in [0, 0.05) is 0 Å². The second-order valence-electron chi connectivity index (χ2n) is 7.44. The van der Waals surface area contributed by atoms with Gasteiger partial charge in [-0.1, -0.05) is 133 Å². The summed E-state index contributed by atoms with van der Waals surface area (Å²) in [6.07, 6.45) is 4.24. The van der Waals surface area contributed by atoms with Crippen molar-refractivity contribution in [3.8, 4) is 0 Å². The van der Waals surface area contributed by atoms with Crippen molar-refractivity contribution in [2.75, 3.05) is 0 Å². The Morgan fingerprint density at radius 2 is 0.633 bits per heavy atom. The average Bonchev–Trinajstić information content (AvgIpc) is 2.83. The fourth-order valence-electron chi connectivity index (χ4n) is 3.99. The Hall–Kier alpha value is -3.90. The zero-order valence-electron chi connectivity index (χ0n) is 16.7. The molecule has 0 spiro atoms. The van der Waals surface area contributed by atoms with Crippen LogP contribution in [0.5, 0.6) is 0 Å². The summed E-state index contributed by atoms with van der Waals surface area (Å²) in [6, 6.07) is 42.5. The van der Waals surface area contributed by atoms with Crippen LogP contribution >= 0.6 is 0 Å². The first-order valence-corrected chi connectivity index (χ1v) is 10.3. The van der Waals surface area contributed by atoms with Gasteiger partial charge < -0.3 is 0 Å². The molecule has 0 heterocycles. The highest BCUT2D eigenvalue weighted by molar-refractivity contribution is 6.22. The van der Waals surface area contributed by atoms with Gasteiger partial charge in [-0.25, -0.2) is 0 Å². The largest absolute Gasteiger partial charge is 0.0622 e. The van der Waals surface area contributed by atoms with E-state index in [2.05, 4.69) is 97.1 Å². The van der Waals surface area contributed by atoms with Gasteiger partial charge in [-0.2, -0.15) is 0 Å². The van der Waals surface area contributed by atoms with Gasteiger partial charge in [0.2, 0.25) is 0 Å². The third kappa shape index (κ3) is 3.68. The maximum absolute atomic E-state index is 2.21. The smallest absolute Gasteiger partial charge is 0.00268 e. The lowest BCUT2D eigenvalue weighted by Crippen LogP contribution is -1.82. The summed E-state index contributed by atoms with van der Waals surface area (Å²) < 4.78 is 0. The molecule has 0 atom stereocenters. The lowest BCUT2D eigenvalue weighted by Gasteiger charge is -2.09. The Labute approximate surface area is 177 Å². The molecule has 0 saturated carbocycles. The van der Waals surface area contributed by atoms with Crippen molar-refractivity contribution in [1.82, 2.24) is 0 Å². The lowest BCUT2D eigenvalue weighted by atomic mass is 9.95. The monoisotopic (exact) mass is 382 g/mol. The quantitative estimate of drug-likeness (QED) is 0.208. The second kappa shape index (κ2) is 8.23. The van der Waals surface area contributed by atoms with Gasteiger partial charge in [-0.3, -0.25) is 0 Å². The summed E-state index contributed by atoms with van der Waals surface area (Å²) in [5, 5.41) is 8.14. The molecule has 6 aromatic rings. The molecule has 0 saturated heterocycles. The Balaban J connectivity index is 0.000000130. The van der Waals surface area contributed by atoms with Crippen molar-refractivity contribution in [2.45, 2.75) is 0 Å². The average molecular weight is 383 g/mol. The molecule has 0 aliphatic carbocycles. The zero-order chi connectivity index (χ0) is 20.2. The number of hydrogen-bond donors (Lipinski definition) is 0. The van der Waals surface area contributed by atoms with Gasteiger partial charge in [0.25, 0.3) is 0 Å². The van der Waals surface area contributed by atoms with Crippen molar-refractivity contribution < 1.29 is 0 Å². The van der Waals surface area contributed by atoms with Crippen LogP contribution in [0.4, 0.5) is 0 Å². The van der Waals surface area contributed by atoms with Crippen LogP contribution in [0.15, 0.2) is 121 Å². The molecule has 6 aromatic carbocycles. The van der Waals surface area contributed by atoms with Gasteiger partial charge in [-0.15, -0.1) is 0 Å². The number of hydrogen-bond acceptors (Lipinski definition) is 0. The Morgan fingerprint density at radius 3 is 0.967 bits per heavy atom. The van der Waals surface area contributed by atoms with E-state index in [0.717, 1.165) is 0 Å². The van der Waals surface area contributed by atoms with E-state index < -0.39 is 0 Å². The Kier molecular flexibility index (Phi) is 4.98. The molecular formula is C30H22. The van der Waals surface area contributed by atoms with E-state index in [9.17, 15) is 0 Å². The number of benzene rings is 6. The van der Waals surface area contributed by atoms with Gasteiger partial charge in [0.05, 0.1) is 0 Å². The molecule has 142 valence electrons. The van der Waals surface area contributed by atoms with Crippen LogP contribution in [0.25, 0.3) is 44.5 Å². The molecule has 0 bridgehead atoms. The predicted molar refractivity (Wildman–Crippen MR) is 132 cm³/mol. The highest BCUT2D eigenvalue weighted by atomic mass is 14.1. The topological polar surface area (TPSA) is 0 Å².